The number of aliphatic carboxylic acids is 1. The third-order valence-electron chi connectivity index (χ3n) is 4.26. The maximum atomic E-state index is 12.3. The number of rotatable bonds is 4. The zero-order chi connectivity index (χ0) is 15.4. The van der Waals surface area contributed by atoms with Crippen molar-refractivity contribution >= 4 is 11.9 Å². The molecule has 4 nitrogen and oxygen atoms in total. The van der Waals surface area contributed by atoms with Crippen LogP contribution in [0.1, 0.15) is 37.3 Å². The van der Waals surface area contributed by atoms with E-state index in [0.29, 0.717) is 25.8 Å². The van der Waals surface area contributed by atoms with E-state index < -0.39 is 5.97 Å². The van der Waals surface area contributed by atoms with Crippen molar-refractivity contribution in [1.82, 2.24) is 4.90 Å². The summed E-state index contributed by atoms with van der Waals surface area (Å²) in [6.45, 7) is 4.55. The fourth-order valence-electron chi connectivity index (χ4n) is 3.03. The summed E-state index contributed by atoms with van der Waals surface area (Å²) in [6, 6.07) is 8.22. The number of benzene rings is 1. The second-order valence-electron chi connectivity index (χ2n) is 5.98. The highest BCUT2D eigenvalue weighted by molar-refractivity contribution is 5.77. The minimum atomic E-state index is -0.742. The Bertz CT molecular complexity index is 527. The average Bonchev–Trinajstić information content (AvgIpc) is 2.44. The highest BCUT2D eigenvalue weighted by Gasteiger charge is 2.31. The van der Waals surface area contributed by atoms with Gasteiger partial charge >= 0.3 is 5.97 Å². The van der Waals surface area contributed by atoms with Crippen molar-refractivity contribution in [3.8, 4) is 0 Å². The van der Waals surface area contributed by atoms with Crippen molar-refractivity contribution in [2.24, 2.45) is 5.92 Å². The third-order valence-corrected chi connectivity index (χ3v) is 4.26. The van der Waals surface area contributed by atoms with Crippen LogP contribution in [-0.2, 0) is 16.0 Å². The number of hydrogen-bond donors (Lipinski definition) is 1. The van der Waals surface area contributed by atoms with E-state index in [1.807, 2.05) is 36.9 Å². The Hall–Kier alpha value is -1.84. The van der Waals surface area contributed by atoms with Crippen LogP contribution < -0.4 is 0 Å². The zero-order valence-corrected chi connectivity index (χ0v) is 12.7. The normalized spacial score (nSPS) is 22.1. The van der Waals surface area contributed by atoms with Crippen LogP contribution in [0.4, 0.5) is 0 Å². The summed E-state index contributed by atoms with van der Waals surface area (Å²) in [5, 5.41) is 9.06. The Labute approximate surface area is 125 Å². The first-order chi connectivity index (χ1) is 9.97. The van der Waals surface area contributed by atoms with Crippen molar-refractivity contribution < 1.29 is 14.7 Å². The molecule has 1 aromatic rings. The summed E-state index contributed by atoms with van der Waals surface area (Å²) in [4.78, 5) is 25.2. The molecule has 0 bridgehead atoms. The van der Waals surface area contributed by atoms with E-state index in [1.54, 1.807) is 0 Å². The molecule has 1 aliphatic rings. The molecular formula is C17H23NO3. The largest absolute Gasteiger partial charge is 0.481 e. The Morgan fingerprint density at radius 3 is 2.76 bits per heavy atom. The molecule has 1 heterocycles. The fourth-order valence-corrected chi connectivity index (χ4v) is 3.03. The second kappa shape index (κ2) is 6.74. The van der Waals surface area contributed by atoms with E-state index in [2.05, 4.69) is 6.07 Å². The number of carboxylic acid groups (broad SMARTS) is 1. The number of amides is 1. The molecule has 4 heteroatoms. The van der Waals surface area contributed by atoms with Crippen LogP contribution >= 0.6 is 0 Å². The van der Waals surface area contributed by atoms with Gasteiger partial charge in [0.15, 0.2) is 0 Å². The number of carboxylic acids is 1. The third kappa shape index (κ3) is 4.06. The second-order valence-corrected chi connectivity index (χ2v) is 5.98. The molecule has 2 unspecified atom stereocenters. The van der Waals surface area contributed by atoms with E-state index in [0.717, 1.165) is 6.42 Å². The minimum absolute atomic E-state index is 0.0184. The van der Waals surface area contributed by atoms with Crippen LogP contribution in [0.5, 0.6) is 0 Å². The maximum absolute atomic E-state index is 12.3. The number of aryl methyl sites for hydroxylation is 2. The van der Waals surface area contributed by atoms with Gasteiger partial charge in [-0.15, -0.1) is 0 Å². The molecule has 0 radical (unpaired) electrons. The summed E-state index contributed by atoms with van der Waals surface area (Å²) in [7, 11) is 0. The van der Waals surface area contributed by atoms with Crippen LogP contribution in [0.25, 0.3) is 0 Å². The van der Waals surface area contributed by atoms with Crippen molar-refractivity contribution in [1.29, 1.82) is 0 Å². The SMILES string of the molecule is Cc1cccc(CCC(=O)N2CCC(C(=O)O)CC2C)c1. The lowest BCUT2D eigenvalue weighted by molar-refractivity contribution is -0.147. The van der Waals surface area contributed by atoms with E-state index in [1.165, 1.54) is 11.1 Å². The number of piperidine rings is 1. The highest BCUT2D eigenvalue weighted by Crippen LogP contribution is 2.24. The molecule has 1 aromatic carbocycles. The van der Waals surface area contributed by atoms with E-state index in [-0.39, 0.29) is 17.9 Å². The molecule has 1 fully saturated rings. The molecule has 0 saturated carbocycles. The summed E-state index contributed by atoms with van der Waals surface area (Å²) < 4.78 is 0. The van der Waals surface area contributed by atoms with Gasteiger partial charge in [0.2, 0.25) is 5.91 Å². The molecule has 1 aliphatic heterocycles. The van der Waals surface area contributed by atoms with E-state index in [4.69, 9.17) is 5.11 Å². The molecule has 0 aromatic heterocycles. The van der Waals surface area contributed by atoms with Crippen molar-refractivity contribution in [2.45, 2.75) is 45.6 Å². The van der Waals surface area contributed by atoms with Gasteiger partial charge in [-0.05, 0) is 38.7 Å². The number of hydrogen-bond acceptors (Lipinski definition) is 2. The van der Waals surface area contributed by atoms with Gasteiger partial charge in [-0.2, -0.15) is 0 Å². The summed E-state index contributed by atoms with van der Waals surface area (Å²) >= 11 is 0. The van der Waals surface area contributed by atoms with Gasteiger partial charge in [-0.1, -0.05) is 29.8 Å². The lowest BCUT2D eigenvalue weighted by atomic mass is 9.91. The quantitative estimate of drug-likeness (QED) is 0.927. The maximum Gasteiger partial charge on any atom is 0.306 e. The number of carbonyl (C=O) groups is 2. The zero-order valence-electron chi connectivity index (χ0n) is 12.7. The Kier molecular flexibility index (Phi) is 4.99. The number of carbonyl (C=O) groups excluding carboxylic acids is 1. The van der Waals surface area contributed by atoms with Crippen LogP contribution in [0, 0.1) is 12.8 Å². The lowest BCUT2D eigenvalue weighted by Gasteiger charge is -2.36. The molecule has 1 saturated heterocycles. The van der Waals surface area contributed by atoms with Gasteiger partial charge in [0.05, 0.1) is 5.92 Å². The van der Waals surface area contributed by atoms with Crippen LogP contribution in [0.15, 0.2) is 24.3 Å². The van der Waals surface area contributed by atoms with Gasteiger partial charge in [-0.25, -0.2) is 0 Å². The van der Waals surface area contributed by atoms with Gasteiger partial charge in [0.1, 0.15) is 0 Å². The highest BCUT2D eigenvalue weighted by atomic mass is 16.4. The lowest BCUT2D eigenvalue weighted by Crippen LogP contribution is -2.46. The molecule has 1 N–H and O–H groups in total. The Balaban J connectivity index is 1.88. The summed E-state index contributed by atoms with van der Waals surface area (Å²) in [5.41, 5.74) is 2.38. The molecule has 0 aliphatic carbocycles. The van der Waals surface area contributed by atoms with Gasteiger partial charge in [-0.3, -0.25) is 9.59 Å². The number of nitrogens with zero attached hydrogens (tertiary/aromatic N) is 1. The van der Waals surface area contributed by atoms with Gasteiger partial charge in [0, 0.05) is 19.0 Å². The van der Waals surface area contributed by atoms with E-state index >= 15 is 0 Å². The fraction of sp³-hybridized carbons (Fsp3) is 0.529. The van der Waals surface area contributed by atoms with Crippen LogP contribution in [0.3, 0.4) is 0 Å². The first-order valence-corrected chi connectivity index (χ1v) is 7.55. The van der Waals surface area contributed by atoms with Crippen molar-refractivity contribution in [3.05, 3.63) is 35.4 Å². The van der Waals surface area contributed by atoms with Crippen molar-refractivity contribution in [3.63, 3.8) is 0 Å². The van der Waals surface area contributed by atoms with Gasteiger partial charge < -0.3 is 10.0 Å². The number of likely N-dealkylation sites (tertiary alicyclic amines) is 1. The standard InChI is InChI=1S/C17H23NO3/c1-12-4-3-5-14(10-12)6-7-16(19)18-9-8-15(17(20)21)11-13(18)2/h3-5,10,13,15H,6-9,11H2,1-2H3,(H,20,21). The molecule has 0 spiro atoms. The predicted molar refractivity (Wildman–Crippen MR) is 81.0 cm³/mol. The minimum Gasteiger partial charge on any atom is -0.481 e. The Morgan fingerprint density at radius 2 is 2.14 bits per heavy atom. The topological polar surface area (TPSA) is 57.6 Å². The monoisotopic (exact) mass is 289 g/mol. The molecule has 1 amide bonds. The van der Waals surface area contributed by atoms with Crippen LogP contribution in [0.2, 0.25) is 0 Å². The smallest absolute Gasteiger partial charge is 0.306 e. The van der Waals surface area contributed by atoms with Crippen molar-refractivity contribution in [2.75, 3.05) is 6.54 Å². The predicted octanol–water partition coefficient (Wildman–Crippen LogP) is 2.64. The summed E-state index contributed by atoms with van der Waals surface area (Å²) in [5.74, 6) is -0.914. The van der Waals surface area contributed by atoms with Gasteiger partial charge in [0.25, 0.3) is 0 Å². The van der Waals surface area contributed by atoms with E-state index in [9.17, 15) is 9.59 Å². The molecule has 2 atom stereocenters. The first kappa shape index (κ1) is 15.5. The van der Waals surface area contributed by atoms with Crippen LogP contribution in [-0.4, -0.2) is 34.5 Å². The summed E-state index contributed by atoms with van der Waals surface area (Å²) in [6.07, 6.45) is 2.36. The average molecular weight is 289 g/mol. The Morgan fingerprint density at radius 1 is 1.38 bits per heavy atom. The molecule has 114 valence electrons. The molecule has 21 heavy (non-hydrogen) atoms. The molecular weight excluding hydrogens is 266 g/mol. The molecule has 2 rings (SSSR count). The first-order valence-electron chi connectivity index (χ1n) is 7.55.